The van der Waals surface area contributed by atoms with Gasteiger partial charge in [0, 0.05) is 12.5 Å². The molecular formula is C14H21NO2. The minimum Gasteiger partial charge on any atom is -0.496 e. The summed E-state index contributed by atoms with van der Waals surface area (Å²) in [6, 6.07) is 1.80. The van der Waals surface area contributed by atoms with Crippen LogP contribution in [0.5, 0.6) is 5.75 Å². The number of Topliss-reactive ketones (excluding diaryl/α,β-unsaturated/α-hetero) is 1. The first kappa shape index (κ1) is 13.7. The van der Waals surface area contributed by atoms with Crippen molar-refractivity contribution in [2.45, 2.75) is 40.2 Å². The highest BCUT2D eigenvalue weighted by molar-refractivity contribution is 5.76. The van der Waals surface area contributed by atoms with Crippen molar-refractivity contribution in [3.8, 4) is 5.75 Å². The number of carbonyl (C=O) groups is 1. The Bertz CT molecular complexity index is 438. The largest absolute Gasteiger partial charge is 0.496 e. The van der Waals surface area contributed by atoms with Crippen LogP contribution in [0.3, 0.4) is 0 Å². The van der Waals surface area contributed by atoms with E-state index in [1.54, 1.807) is 14.0 Å². The van der Waals surface area contributed by atoms with Crippen LogP contribution in [0.15, 0.2) is 6.07 Å². The molecule has 1 rings (SSSR count). The first-order valence-corrected chi connectivity index (χ1v) is 5.78. The Hall–Kier alpha value is -1.35. The van der Waals surface area contributed by atoms with Gasteiger partial charge in [0.05, 0.1) is 7.11 Å². The number of methoxy groups -OCH3 is 1. The third-order valence-corrected chi connectivity index (χ3v) is 3.18. The zero-order valence-electron chi connectivity index (χ0n) is 11.3. The standard InChI is InChI=1S/C14H21NO2/c1-8-6-12(13(15)7-9(2)16)10(3)11(4)14(8)17-5/h6,13H,7,15H2,1-5H3. The molecule has 1 unspecified atom stereocenters. The van der Waals surface area contributed by atoms with Gasteiger partial charge >= 0.3 is 0 Å². The van der Waals surface area contributed by atoms with E-state index in [4.69, 9.17) is 10.5 Å². The van der Waals surface area contributed by atoms with Gasteiger partial charge in [-0.15, -0.1) is 0 Å². The van der Waals surface area contributed by atoms with E-state index in [-0.39, 0.29) is 11.8 Å². The van der Waals surface area contributed by atoms with Crippen molar-refractivity contribution >= 4 is 5.78 Å². The van der Waals surface area contributed by atoms with Crippen LogP contribution in [0.25, 0.3) is 0 Å². The van der Waals surface area contributed by atoms with Gasteiger partial charge < -0.3 is 10.5 Å². The van der Waals surface area contributed by atoms with E-state index in [1.807, 2.05) is 26.8 Å². The van der Waals surface area contributed by atoms with Crippen molar-refractivity contribution in [1.29, 1.82) is 0 Å². The summed E-state index contributed by atoms with van der Waals surface area (Å²) >= 11 is 0. The quantitative estimate of drug-likeness (QED) is 0.872. The smallest absolute Gasteiger partial charge is 0.131 e. The molecule has 1 aromatic rings. The van der Waals surface area contributed by atoms with Crippen LogP contribution < -0.4 is 10.5 Å². The van der Waals surface area contributed by atoms with Gasteiger partial charge in [0.15, 0.2) is 0 Å². The van der Waals surface area contributed by atoms with Gasteiger partial charge in [0.2, 0.25) is 0 Å². The van der Waals surface area contributed by atoms with E-state index in [0.29, 0.717) is 6.42 Å². The molecule has 1 atom stereocenters. The molecule has 0 aromatic heterocycles. The molecule has 0 spiro atoms. The molecule has 2 N–H and O–H groups in total. The third kappa shape index (κ3) is 2.86. The molecule has 17 heavy (non-hydrogen) atoms. The van der Waals surface area contributed by atoms with Crippen LogP contribution in [0.1, 0.15) is 41.6 Å². The maximum atomic E-state index is 11.1. The number of hydrogen-bond acceptors (Lipinski definition) is 3. The summed E-state index contributed by atoms with van der Waals surface area (Å²) in [7, 11) is 1.67. The average molecular weight is 235 g/mol. The highest BCUT2D eigenvalue weighted by Gasteiger charge is 2.16. The van der Waals surface area contributed by atoms with Crippen LogP contribution in [0.2, 0.25) is 0 Å². The SMILES string of the molecule is COc1c(C)cc(C(N)CC(C)=O)c(C)c1C. The number of ketones is 1. The molecule has 0 heterocycles. The van der Waals surface area contributed by atoms with Gasteiger partial charge in [-0.05, 0) is 49.9 Å². The maximum absolute atomic E-state index is 11.1. The molecule has 3 heteroatoms. The second kappa shape index (κ2) is 5.32. The summed E-state index contributed by atoms with van der Waals surface area (Å²) in [6.07, 6.45) is 0.381. The molecule has 94 valence electrons. The first-order chi connectivity index (χ1) is 7.88. The van der Waals surface area contributed by atoms with Gasteiger partial charge in [0.25, 0.3) is 0 Å². The fourth-order valence-corrected chi connectivity index (χ4v) is 2.21. The van der Waals surface area contributed by atoms with Crippen molar-refractivity contribution in [2.24, 2.45) is 5.73 Å². The van der Waals surface area contributed by atoms with Gasteiger partial charge in [-0.1, -0.05) is 6.07 Å². The average Bonchev–Trinajstić information content (AvgIpc) is 2.23. The second-order valence-corrected chi connectivity index (χ2v) is 4.58. The number of hydrogen-bond donors (Lipinski definition) is 1. The van der Waals surface area contributed by atoms with E-state index in [9.17, 15) is 4.79 Å². The van der Waals surface area contributed by atoms with E-state index < -0.39 is 0 Å². The molecule has 0 aliphatic carbocycles. The van der Waals surface area contributed by atoms with Crippen molar-refractivity contribution in [1.82, 2.24) is 0 Å². The normalized spacial score (nSPS) is 12.4. The Labute approximate surface area is 103 Å². The van der Waals surface area contributed by atoms with E-state index >= 15 is 0 Å². The highest BCUT2D eigenvalue weighted by atomic mass is 16.5. The summed E-state index contributed by atoms with van der Waals surface area (Å²) in [5.74, 6) is 1.02. The van der Waals surface area contributed by atoms with Gasteiger partial charge in [0.1, 0.15) is 11.5 Å². The molecule has 0 saturated heterocycles. The zero-order chi connectivity index (χ0) is 13.2. The third-order valence-electron chi connectivity index (χ3n) is 3.18. The van der Waals surface area contributed by atoms with Crippen molar-refractivity contribution < 1.29 is 9.53 Å². The molecule has 0 aliphatic heterocycles. The molecule has 0 amide bonds. The Kier molecular flexibility index (Phi) is 4.29. The lowest BCUT2D eigenvalue weighted by Crippen LogP contribution is -2.16. The second-order valence-electron chi connectivity index (χ2n) is 4.58. The molecule has 0 aliphatic rings. The Morgan fingerprint density at radius 2 is 1.94 bits per heavy atom. The van der Waals surface area contributed by atoms with Gasteiger partial charge in [-0.25, -0.2) is 0 Å². The number of rotatable bonds is 4. The van der Waals surface area contributed by atoms with E-state index in [0.717, 1.165) is 28.0 Å². The zero-order valence-corrected chi connectivity index (χ0v) is 11.3. The lowest BCUT2D eigenvalue weighted by molar-refractivity contribution is -0.117. The predicted molar refractivity (Wildman–Crippen MR) is 69.4 cm³/mol. The maximum Gasteiger partial charge on any atom is 0.131 e. The summed E-state index contributed by atoms with van der Waals surface area (Å²) in [5.41, 5.74) is 10.4. The van der Waals surface area contributed by atoms with Crippen LogP contribution in [0.4, 0.5) is 0 Å². The van der Waals surface area contributed by atoms with Crippen molar-refractivity contribution in [2.75, 3.05) is 7.11 Å². The number of nitrogens with two attached hydrogens (primary N) is 1. The molecule has 3 nitrogen and oxygen atoms in total. The molecule has 0 radical (unpaired) electrons. The number of aryl methyl sites for hydroxylation is 1. The Morgan fingerprint density at radius 1 is 1.35 bits per heavy atom. The van der Waals surface area contributed by atoms with Gasteiger partial charge in [-0.3, -0.25) is 4.79 Å². The predicted octanol–water partition coefficient (Wildman–Crippen LogP) is 2.60. The molecule has 0 fully saturated rings. The Balaban J connectivity index is 3.22. The van der Waals surface area contributed by atoms with E-state index in [2.05, 4.69) is 0 Å². The Morgan fingerprint density at radius 3 is 2.41 bits per heavy atom. The van der Waals surface area contributed by atoms with Gasteiger partial charge in [-0.2, -0.15) is 0 Å². The monoisotopic (exact) mass is 235 g/mol. The highest BCUT2D eigenvalue weighted by Crippen LogP contribution is 2.31. The summed E-state index contributed by atoms with van der Waals surface area (Å²) in [6.45, 7) is 7.60. The number of ether oxygens (including phenoxy) is 1. The minimum absolute atomic E-state index is 0.114. The van der Waals surface area contributed by atoms with Crippen LogP contribution >= 0.6 is 0 Å². The topological polar surface area (TPSA) is 52.3 Å². The van der Waals surface area contributed by atoms with Crippen molar-refractivity contribution in [3.05, 3.63) is 28.3 Å². The molecule has 0 saturated carbocycles. The minimum atomic E-state index is -0.226. The van der Waals surface area contributed by atoms with Crippen LogP contribution in [-0.4, -0.2) is 12.9 Å². The fourth-order valence-electron chi connectivity index (χ4n) is 2.21. The number of benzene rings is 1. The lowest BCUT2D eigenvalue weighted by atomic mass is 9.92. The lowest BCUT2D eigenvalue weighted by Gasteiger charge is -2.19. The van der Waals surface area contributed by atoms with Crippen LogP contribution in [-0.2, 0) is 4.79 Å². The number of carbonyl (C=O) groups excluding carboxylic acids is 1. The van der Waals surface area contributed by atoms with E-state index in [1.165, 1.54) is 0 Å². The van der Waals surface area contributed by atoms with Crippen molar-refractivity contribution in [3.63, 3.8) is 0 Å². The molecular weight excluding hydrogens is 214 g/mol. The van der Waals surface area contributed by atoms with Crippen LogP contribution in [0, 0.1) is 20.8 Å². The molecule has 1 aromatic carbocycles. The first-order valence-electron chi connectivity index (χ1n) is 5.78. The molecule has 0 bridgehead atoms. The summed E-state index contributed by atoms with van der Waals surface area (Å²) in [4.78, 5) is 11.1. The summed E-state index contributed by atoms with van der Waals surface area (Å²) < 4.78 is 5.36. The summed E-state index contributed by atoms with van der Waals surface area (Å²) in [5, 5.41) is 0. The fraction of sp³-hybridized carbons (Fsp3) is 0.500.